The van der Waals surface area contributed by atoms with Crippen LogP contribution in [0, 0.1) is 0 Å². The standard InChI is InChI=1S/C17H28N4O/c22-16(18-11-7-15-8-12-19-20-15)17(9-3-1-4-10-17)21-13-5-2-6-14-21/h8,12H,1-7,9-11,13-14H2,(H,18,22)(H,19,20). The second-order valence-electron chi connectivity index (χ2n) is 6.73. The summed E-state index contributed by atoms with van der Waals surface area (Å²) < 4.78 is 0. The molecule has 0 aromatic carbocycles. The van der Waals surface area contributed by atoms with Crippen LogP contribution in [0.5, 0.6) is 0 Å². The highest BCUT2D eigenvalue weighted by Crippen LogP contribution is 2.35. The Hall–Kier alpha value is -1.36. The van der Waals surface area contributed by atoms with Crippen LogP contribution in [0.15, 0.2) is 12.3 Å². The highest BCUT2D eigenvalue weighted by atomic mass is 16.2. The number of rotatable bonds is 5. The quantitative estimate of drug-likeness (QED) is 0.877. The summed E-state index contributed by atoms with van der Waals surface area (Å²) in [7, 11) is 0. The highest BCUT2D eigenvalue weighted by Gasteiger charge is 2.44. The minimum atomic E-state index is -0.230. The first-order valence-corrected chi connectivity index (χ1v) is 8.83. The molecule has 2 fully saturated rings. The predicted octanol–water partition coefficient (Wildman–Crippen LogP) is 2.26. The molecule has 0 bridgehead atoms. The van der Waals surface area contributed by atoms with Gasteiger partial charge in [-0.2, -0.15) is 5.10 Å². The molecular weight excluding hydrogens is 276 g/mol. The lowest BCUT2D eigenvalue weighted by Gasteiger charge is -2.46. The van der Waals surface area contributed by atoms with Crippen LogP contribution in [0.3, 0.4) is 0 Å². The lowest BCUT2D eigenvalue weighted by atomic mass is 9.78. The van der Waals surface area contributed by atoms with Crippen LogP contribution in [0.2, 0.25) is 0 Å². The van der Waals surface area contributed by atoms with Crippen LogP contribution in [-0.4, -0.2) is 46.2 Å². The number of amides is 1. The van der Waals surface area contributed by atoms with Gasteiger partial charge in [-0.3, -0.25) is 14.8 Å². The number of aromatic nitrogens is 2. The summed E-state index contributed by atoms with van der Waals surface area (Å²) in [4.78, 5) is 15.5. The van der Waals surface area contributed by atoms with E-state index < -0.39 is 0 Å². The van der Waals surface area contributed by atoms with Crippen molar-refractivity contribution >= 4 is 5.91 Å². The van der Waals surface area contributed by atoms with Crippen molar-refractivity contribution in [3.8, 4) is 0 Å². The van der Waals surface area contributed by atoms with Gasteiger partial charge in [0.2, 0.25) is 5.91 Å². The van der Waals surface area contributed by atoms with Crippen LogP contribution >= 0.6 is 0 Å². The maximum atomic E-state index is 13.0. The van der Waals surface area contributed by atoms with E-state index in [0.29, 0.717) is 6.54 Å². The number of nitrogens with zero attached hydrogens (tertiary/aromatic N) is 2. The number of aromatic amines is 1. The van der Waals surface area contributed by atoms with Gasteiger partial charge in [0.1, 0.15) is 5.54 Å². The van der Waals surface area contributed by atoms with E-state index in [0.717, 1.165) is 38.0 Å². The van der Waals surface area contributed by atoms with E-state index in [9.17, 15) is 4.79 Å². The molecule has 1 aromatic rings. The molecule has 2 aliphatic rings. The Kier molecular flexibility index (Phi) is 5.13. The van der Waals surface area contributed by atoms with Gasteiger partial charge in [-0.05, 0) is 44.8 Å². The van der Waals surface area contributed by atoms with Crippen molar-refractivity contribution in [1.29, 1.82) is 0 Å². The highest BCUT2D eigenvalue weighted by molar-refractivity contribution is 5.86. The molecule has 0 radical (unpaired) electrons. The predicted molar refractivity (Wildman–Crippen MR) is 86.5 cm³/mol. The van der Waals surface area contributed by atoms with E-state index in [1.54, 1.807) is 6.20 Å². The number of nitrogens with one attached hydrogen (secondary N) is 2. The van der Waals surface area contributed by atoms with E-state index in [-0.39, 0.29) is 11.4 Å². The summed E-state index contributed by atoms with van der Waals surface area (Å²) in [6, 6.07) is 1.97. The van der Waals surface area contributed by atoms with E-state index in [4.69, 9.17) is 0 Å². The number of likely N-dealkylation sites (tertiary alicyclic amines) is 1. The Labute approximate surface area is 132 Å². The third-order valence-electron chi connectivity index (χ3n) is 5.30. The summed E-state index contributed by atoms with van der Waals surface area (Å²) in [6.45, 7) is 2.87. The summed E-state index contributed by atoms with van der Waals surface area (Å²) in [6.07, 6.45) is 12.1. The van der Waals surface area contributed by atoms with Crippen molar-refractivity contribution in [2.24, 2.45) is 0 Å². The Bertz CT molecular complexity index is 459. The van der Waals surface area contributed by atoms with Crippen molar-refractivity contribution in [2.45, 2.75) is 63.3 Å². The fourth-order valence-electron chi connectivity index (χ4n) is 4.04. The monoisotopic (exact) mass is 304 g/mol. The topological polar surface area (TPSA) is 61.0 Å². The van der Waals surface area contributed by atoms with E-state index in [1.807, 2.05) is 6.07 Å². The molecule has 1 amide bonds. The zero-order valence-electron chi connectivity index (χ0n) is 13.4. The first-order valence-electron chi connectivity index (χ1n) is 8.83. The Morgan fingerprint density at radius 3 is 2.59 bits per heavy atom. The summed E-state index contributed by atoms with van der Waals surface area (Å²) >= 11 is 0. The first kappa shape index (κ1) is 15.5. The van der Waals surface area contributed by atoms with Crippen LogP contribution in [-0.2, 0) is 11.2 Å². The molecule has 2 N–H and O–H groups in total. The smallest absolute Gasteiger partial charge is 0.240 e. The maximum Gasteiger partial charge on any atom is 0.240 e. The van der Waals surface area contributed by atoms with Gasteiger partial charge >= 0.3 is 0 Å². The molecule has 122 valence electrons. The average molecular weight is 304 g/mol. The van der Waals surface area contributed by atoms with E-state index in [2.05, 4.69) is 20.4 Å². The first-order chi connectivity index (χ1) is 10.8. The van der Waals surface area contributed by atoms with Gasteiger partial charge in [0.15, 0.2) is 0 Å². The van der Waals surface area contributed by atoms with E-state index >= 15 is 0 Å². The molecule has 2 heterocycles. The Balaban J connectivity index is 1.61. The molecule has 1 aromatic heterocycles. The summed E-state index contributed by atoms with van der Waals surface area (Å²) in [5.41, 5.74) is 0.850. The van der Waals surface area contributed by atoms with Gasteiger partial charge in [-0.1, -0.05) is 25.7 Å². The number of H-pyrrole nitrogens is 1. The van der Waals surface area contributed by atoms with Crippen molar-refractivity contribution < 1.29 is 4.79 Å². The number of hydrogen-bond acceptors (Lipinski definition) is 3. The molecule has 1 saturated carbocycles. The van der Waals surface area contributed by atoms with Crippen LogP contribution < -0.4 is 5.32 Å². The Morgan fingerprint density at radius 1 is 1.18 bits per heavy atom. The zero-order valence-corrected chi connectivity index (χ0v) is 13.4. The normalized spacial score (nSPS) is 22.4. The summed E-state index contributed by atoms with van der Waals surface area (Å²) in [5, 5.41) is 10.1. The molecule has 5 heteroatoms. The van der Waals surface area contributed by atoms with Gasteiger partial charge in [-0.25, -0.2) is 0 Å². The Morgan fingerprint density at radius 2 is 1.91 bits per heavy atom. The number of carbonyl (C=O) groups excluding carboxylic acids is 1. The lowest BCUT2D eigenvalue weighted by Crippen LogP contribution is -2.61. The fraction of sp³-hybridized carbons (Fsp3) is 0.765. The summed E-state index contributed by atoms with van der Waals surface area (Å²) in [5.74, 6) is 0.258. The number of carbonyl (C=O) groups is 1. The third kappa shape index (κ3) is 3.35. The van der Waals surface area contributed by atoms with Crippen molar-refractivity contribution in [2.75, 3.05) is 19.6 Å². The molecule has 0 atom stereocenters. The van der Waals surface area contributed by atoms with Gasteiger partial charge in [0.25, 0.3) is 0 Å². The van der Waals surface area contributed by atoms with Gasteiger partial charge in [0, 0.05) is 24.9 Å². The molecule has 22 heavy (non-hydrogen) atoms. The molecule has 1 aliphatic carbocycles. The van der Waals surface area contributed by atoms with Crippen LogP contribution in [0.1, 0.15) is 57.1 Å². The van der Waals surface area contributed by atoms with Gasteiger partial charge < -0.3 is 5.32 Å². The molecule has 5 nitrogen and oxygen atoms in total. The fourth-order valence-corrected chi connectivity index (χ4v) is 4.04. The van der Waals surface area contributed by atoms with Gasteiger partial charge in [-0.15, -0.1) is 0 Å². The largest absolute Gasteiger partial charge is 0.354 e. The molecule has 3 rings (SSSR count). The SMILES string of the molecule is O=C(NCCc1ccn[nH]1)C1(N2CCCCC2)CCCCC1. The maximum absolute atomic E-state index is 13.0. The van der Waals surface area contributed by atoms with Gasteiger partial charge in [0.05, 0.1) is 0 Å². The van der Waals surface area contributed by atoms with Crippen molar-refractivity contribution in [3.05, 3.63) is 18.0 Å². The third-order valence-corrected chi connectivity index (χ3v) is 5.30. The van der Waals surface area contributed by atoms with Crippen molar-refractivity contribution in [3.63, 3.8) is 0 Å². The van der Waals surface area contributed by atoms with E-state index in [1.165, 1.54) is 38.5 Å². The second kappa shape index (κ2) is 7.27. The minimum absolute atomic E-state index is 0.230. The van der Waals surface area contributed by atoms with Crippen LogP contribution in [0.4, 0.5) is 0 Å². The van der Waals surface area contributed by atoms with Crippen molar-refractivity contribution in [1.82, 2.24) is 20.4 Å². The molecule has 1 aliphatic heterocycles. The molecule has 0 spiro atoms. The molecule has 1 saturated heterocycles. The van der Waals surface area contributed by atoms with Crippen LogP contribution in [0.25, 0.3) is 0 Å². The average Bonchev–Trinajstić information content (AvgIpc) is 3.09. The minimum Gasteiger partial charge on any atom is -0.354 e. The zero-order chi connectivity index (χ0) is 15.3. The second-order valence-corrected chi connectivity index (χ2v) is 6.73. The number of piperidine rings is 1. The lowest BCUT2D eigenvalue weighted by molar-refractivity contribution is -0.137. The molecule has 0 unspecified atom stereocenters. The number of hydrogen-bond donors (Lipinski definition) is 2. The molecular formula is C17H28N4O.